The molecule has 0 aromatic carbocycles. The first-order chi connectivity index (χ1) is 13.8. The molecule has 0 unspecified atom stereocenters. The number of aliphatic hydroxyl groups excluding tert-OH is 7. The van der Waals surface area contributed by atoms with Crippen LogP contribution in [-0.2, 0) is 14.4 Å². The SMILES string of the molecule is CC(=O)N[C@]1(CC(=O)NCC[C@@H](O)[C@H](O)[C@H](O)CO)C(=O)N[C@@](O)(CO)[C@@H](O)[C@@H]1O. The summed E-state index contributed by atoms with van der Waals surface area (Å²) in [7, 11) is 0. The highest BCUT2D eigenvalue weighted by Crippen LogP contribution is 2.29. The van der Waals surface area contributed by atoms with E-state index in [1.807, 2.05) is 5.32 Å². The minimum atomic E-state index is -2.59. The second-order valence-corrected chi connectivity index (χ2v) is 7.20. The zero-order chi connectivity index (χ0) is 23.3. The van der Waals surface area contributed by atoms with E-state index in [4.69, 9.17) is 5.11 Å². The predicted octanol–water partition coefficient (Wildman–Crippen LogP) is -6.63. The molecule has 3 amide bonds. The van der Waals surface area contributed by atoms with Gasteiger partial charge in [-0.3, -0.25) is 14.4 Å². The van der Waals surface area contributed by atoms with E-state index in [1.165, 1.54) is 0 Å². The summed E-state index contributed by atoms with van der Waals surface area (Å²) in [5.41, 5.74) is -4.97. The Morgan fingerprint density at radius 3 is 2.23 bits per heavy atom. The largest absolute Gasteiger partial charge is 0.394 e. The maximum atomic E-state index is 12.5. The van der Waals surface area contributed by atoms with Gasteiger partial charge in [0.25, 0.3) is 5.91 Å². The fourth-order valence-electron chi connectivity index (χ4n) is 3.06. The van der Waals surface area contributed by atoms with Gasteiger partial charge in [0.15, 0.2) is 11.3 Å². The number of hydrogen-bond acceptors (Lipinski definition) is 11. The standard InChI is InChI=1S/C16H29N3O11/c1-7(22)18-15(12(27)13(28)16(30,6-21)19-14(15)29)4-10(25)17-3-2-8(23)11(26)9(24)5-20/h8-9,11-13,20-21,23-24,26-28,30H,2-6H2,1H3,(H,17,25)(H,18,22)(H,19,29)/t8-,9-,11+,12+,13+,15+,16-/m1/s1. The smallest absolute Gasteiger partial charge is 0.251 e. The molecule has 11 N–H and O–H groups in total. The molecule has 0 radical (unpaired) electrons. The Kier molecular flexibility index (Phi) is 9.06. The van der Waals surface area contributed by atoms with Gasteiger partial charge < -0.3 is 56.8 Å². The maximum Gasteiger partial charge on any atom is 0.251 e. The number of carbonyl (C=O) groups is 3. The Morgan fingerprint density at radius 2 is 1.73 bits per heavy atom. The molecular formula is C16H29N3O11. The van der Waals surface area contributed by atoms with Crippen molar-refractivity contribution in [3.63, 3.8) is 0 Å². The lowest BCUT2D eigenvalue weighted by Gasteiger charge is -2.48. The third-order valence-electron chi connectivity index (χ3n) is 4.85. The van der Waals surface area contributed by atoms with Gasteiger partial charge in [0.1, 0.15) is 24.4 Å². The topological polar surface area (TPSA) is 249 Å². The van der Waals surface area contributed by atoms with Gasteiger partial charge in [0, 0.05) is 13.5 Å². The number of amides is 3. The fourth-order valence-corrected chi connectivity index (χ4v) is 3.06. The molecule has 1 fully saturated rings. The molecule has 7 atom stereocenters. The van der Waals surface area contributed by atoms with Crippen LogP contribution in [0.25, 0.3) is 0 Å². The van der Waals surface area contributed by atoms with Crippen molar-refractivity contribution in [1.82, 2.24) is 16.0 Å². The first-order valence-corrected chi connectivity index (χ1v) is 9.07. The van der Waals surface area contributed by atoms with Crippen molar-refractivity contribution in [3.8, 4) is 0 Å². The molecule has 14 heteroatoms. The van der Waals surface area contributed by atoms with E-state index in [1.54, 1.807) is 0 Å². The van der Waals surface area contributed by atoms with Crippen LogP contribution in [0.5, 0.6) is 0 Å². The van der Waals surface area contributed by atoms with E-state index in [9.17, 15) is 50.1 Å². The van der Waals surface area contributed by atoms with Gasteiger partial charge >= 0.3 is 0 Å². The van der Waals surface area contributed by atoms with Gasteiger partial charge in [-0.05, 0) is 6.42 Å². The number of piperidine rings is 1. The van der Waals surface area contributed by atoms with Crippen LogP contribution in [0.1, 0.15) is 19.8 Å². The highest BCUT2D eigenvalue weighted by atomic mass is 16.4. The Morgan fingerprint density at radius 1 is 1.13 bits per heavy atom. The minimum absolute atomic E-state index is 0.251. The highest BCUT2D eigenvalue weighted by Gasteiger charge is 2.61. The minimum Gasteiger partial charge on any atom is -0.394 e. The predicted molar refractivity (Wildman–Crippen MR) is 96.1 cm³/mol. The molecule has 1 heterocycles. The second kappa shape index (κ2) is 10.4. The average Bonchev–Trinajstić information content (AvgIpc) is 2.69. The van der Waals surface area contributed by atoms with E-state index < -0.39 is 79.1 Å². The molecular weight excluding hydrogens is 410 g/mol. The highest BCUT2D eigenvalue weighted by molar-refractivity contribution is 5.97. The number of hydrogen-bond donors (Lipinski definition) is 11. The molecule has 0 aliphatic carbocycles. The van der Waals surface area contributed by atoms with Crippen LogP contribution < -0.4 is 16.0 Å². The summed E-state index contributed by atoms with van der Waals surface area (Å²) in [5.74, 6) is -2.98. The zero-order valence-corrected chi connectivity index (χ0v) is 16.2. The van der Waals surface area contributed by atoms with Crippen LogP contribution in [0.15, 0.2) is 0 Å². The summed E-state index contributed by atoms with van der Waals surface area (Å²) >= 11 is 0. The Bertz CT molecular complexity index is 636. The summed E-state index contributed by atoms with van der Waals surface area (Å²) in [6, 6.07) is 0. The van der Waals surface area contributed by atoms with E-state index in [2.05, 4.69) is 10.6 Å². The molecule has 1 aliphatic heterocycles. The van der Waals surface area contributed by atoms with Crippen LogP contribution in [-0.4, -0.2) is 120 Å². The summed E-state index contributed by atoms with van der Waals surface area (Å²) in [6.07, 6.45) is -10.2. The molecule has 30 heavy (non-hydrogen) atoms. The monoisotopic (exact) mass is 439 g/mol. The lowest BCUT2D eigenvalue weighted by atomic mass is 9.77. The molecule has 0 saturated carbocycles. The van der Waals surface area contributed by atoms with E-state index >= 15 is 0 Å². The molecule has 1 aliphatic rings. The molecule has 174 valence electrons. The average molecular weight is 439 g/mol. The van der Waals surface area contributed by atoms with Crippen molar-refractivity contribution in [2.75, 3.05) is 19.8 Å². The van der Waals surface area contributed by atoms with Gasteiger partial charge in [-0.25, -0.2) is 0 Å². The van der Waals surface area contributed by atoms with Crippen molar-refractivity contribution < 1.29 is 55.2 Å². The lowest BCUT2D eigenvalue weighted by Crippen LogP contribution is -2.81. The number of carbonyl (C=O) groups excluding carboxylic acids is 3. The lowest BCUT2D eigenvalue weighted by molar-refractivity contribution is -0.209. The molecule has 1 rings (SSSR count). The summed E-state index contributed by atoms with van der Waals surface area (Å²) < 4.78 is 0. The van der Waals surface area contributed by atoms with Gasteiger partial charge in [-0.15, -0.1) is 0 Å². The molecule has 1 saturated heterocycles. The van der Waals surface area contributed by atoms with Gasteiger partial charge in [0.2, 0.25) is 11.8 Å². The number of rotatable bonds is 10. The number of nitrogens with one attached hydrogen (secondary N) is 3. The van der Waals surface area contributed by atoms with Crippen molar-refractivity contribution in [1.29, 1.82) is 0 Å². The van der Waals surface area contributed by atoms with Crippen LogP contribution >= 0.6 is 0 Å². The van der Waals surface area contributed by atoms with Gasteiger partial charge in [-0.1, -0.05) is 0 Å². The molecule has 0 bridgehead atoms. The zero-order valence-electron chi connectivity index (χ0n) is 16.2. The van der Waals surface area contributed by atoms with Gasteiger partial charge in [-0.2, -0.15) is 0 Å². The van der Waals surface area contributed by atoms with E-state index in [0.29, 0.717) is 0 Å². The molecule has 0 spiro atoms. The Hall–Kier alpha value is -1.91. The molecule has 0 aromatic rings. The molecule has 0 aromatic heterocycles. The Balaban J connectivity index is 2.87. The first-order valence-electron chi connectivity index (χ1n) is 9.07. The van der Waals surface area contributed by atoms with Crippen molar-refractivity contribution in [2.45, 2.75) is 61.5 Å². The maximum absolute atomic E-state index is 12.5. The first kappa shape index (κ1) is 26.1. The van der Waals surface area contributed by atoms with Crippen molar-refractivity contribution in [3.05, 3.63) is 0 Å². The van der Waals surface area contributed by atoms with Crippen molar-refractivity contribution in [2.24, 2.45) is 0 Å². The summed E-state index contributed by atoms with van der Waals surface area (Å²) in [5, 5.41) is 83.2. The van der Waals surface area contributed by atoms with E-state index in [0.717, 1.165) is 6.92 Å². The van der Waals surface area contributed by atoms with Gasteiger partial charge in [0.05, 0.1) is 25.7 Å². The third-order valence-corrected chi connectivity index (χ3v) is 4.85. The van der Waals surface area contributed by atoms with E-state index in [-0.39, 0.29) is 13.0 Å². The number of aliphatic hydroxyl groups is 8. The van der Waals surface area contributed by atoms with Crippen LogP contribution in [0.2, 0.25) is 0 Å². The van der Waals surface area contributed by atoms with Crippen LogP contribution in [0.3, 0.4) is 0 Å². The van der Waals surface area contributed by atoms with Crippen molar-refractivity contribution >= 4 is 17.7 Å². The quantitative estimate of drug-likeness (QED) is 0.153. The Labute approximate surface area is 171 Å². The van der Waals surface area contributed by atoms with Crippen LogP contribution in [0.4, 0.5) is 0 Å². The van der Waals surface area contributed by atoms with Crippen LogP contribution in [0, 0.1) is 0 Å². The summed E-state index contributed by atoms with van der Waals surface area (Å²) in [4.78, 5) is 36.4. The fraction of sp³-hybridized carbons (Fsp3) is 0.812. The summed E-state index contributed by atoms with van der Waals surface area (Å²) in [6.45, 7) is -1.21. The molecule has 14 nitrogen and oxygen atoms in total. The third kappa shape index (κ3) is 5.61. The normalized spacial score (nSPS) is 32.0. The second-order valence-electron chi connectivity index (χ2n) is 7.20.